The van der Waals surface area contributed by atoms with Crippen LogP contribution in [-0.4, -0.2) is 45.2 Å². The van der Waals surface area contributed by atoms with Gasteiger partial charge in [0, 0.05) is 19.1 Å². The Hall–Kier alpha value is -1.83. The van der Waals surface area contributed by atoms with Crippen molar-refractivity contribution in [2.24, 2.45) is 5.14 Å². The molecule has 2 rings (SSSR count). The van der Waals surface area contributed by atoms with E-state index in [1.165, 1.54) is 17.0 Å². The molecule has 0 radical (unpaired) electrons. The number of primary sulfonamides is 1. The molecule has 23 heavy (non-hydrogen) atoms. The Morgan fingerprint density at radius 1 is 1.43 bits per heavy atom. The number of anilines is 1. The minimum absolute atomic E-state index is 0.0748. The summed E-state index contributed by atoms with van der Waals surface area (Å²) >= 11 is 0. The molecule has 0 unspecified atom stereocenters. The summed E-state index contributed by atoms with van der Waals surface area (Å²) in [5, 5.41) is 17.1. The van der Waals surface area contributed by atoms with Crippen LogP contribution in [0.5, 0.6) is 0 Å². The van der Waals surface area contributed by atoms with Gasteiger partial charge in [0.15, 0.2) is 0 Å². The Balaban J connectivity index is 2.08. The molecule has 1 atom stereocenters. The van der Waals surface area contributed by atoms with E-state index in [0.717, 1.165) is 6.07 Å². The van der Waals surface area contributed by atoms with Gasteiger partial charge in [0.2, 0.25) is 10.0 Å². The van der Waals surface area contributed by atoms with Gasteiger partial charge in [-0.05, 0) is 24.6 Å². The van der Waals surface area contributed by atoms with Crippen LogP contribution in [-0.2, 0) is 10.0 Å². The van der Waals surface area contributed by atoms with Gasteiger partial charge in [-0.25, -0.2) is 13.6 Å². The molecule has 1 aliphatic heterocycles. The van der Waals surface area contributed by atoms with E-state index in [1.54, 1.807) is 0 Å². The monoisotopic (exact) mass is 348 g/mol. The third-order valence-corrected chi connectivity index (χ3v) is 4.39. The molecule has 1 aliphatic rings. The predicted molar refractivity (Wildman–Crippen MR) is 77.1 cm³/mol. The molecule has 0 spiro atoms. The number of hydrogen-bond donors (Lipinski definition) is 2. The Labute approximate surface area is 131 Å². The van der Waals surface area contributed by atoms with Gasteiger partial charge < -0.3 is 5.32 Å². The second-order valence-corrected chi connectivity index (χ2v) is 6.91. The summed E-state index contributed by atoms with van der Waals surface area (Å²) in [7, 11) is -3.92. The minimum atomic E-state index is -4.25. The van der Waals surface area contributed by atoms with Gasteiger partial charge in [-0.15, -0.1) is 0 Å². The summed E-state index contributed by atoms with van der Waals surface area (Å²) in [6, 6.07) is 5.39. The summed E-state index contributed by atoms with van der Waals surface area (Å²) in [5.41, 5.74) is 0.449. The Bertz CT molecular complexity index is 728. The quantitative estimate of drug-likeness (QED) is 0.853. The van der Waals surface area contributed by atoms with Crippen LogP contribution in [0.15, 0.2) is 23.1 Å². The summed E-state index contributed by atoms with van der Waals surface area (Å²) in [6.45, 7) is -0.476. The first-order valence-corrected chi connectivity index (χ1v) is 8.26. The van der Waals surface area contributed by atoms with Gasteiger partial charge in [-0.3, -0.25) is 4.90 Å². The van der Waals surface area contributed by atoms with E-state index in [-0.39, 0.29) is 23.0 Å². The molecule has 0 amide bonds. The van der Waals surface area contributed by atoms with Gasteiger partial charge in [0.1, 0.15) is 6.07 Å². The Morgan fingerprint density at radius 2 is 2.13 bits per heavy atom. The van der Waals surface area contributed by atoms with Crippen molar-refractivity contribution < 1.29 is 21.6 Å². The number of likely N-dealkylation sites (tertiary alicyclic amines) is 1. The molecule has 1 aromatic rings. The average Bonchev–Trinajstić information content (AvgIpc) is 2.82. The number of nitrogens with zero attached hydrogens (tertiary/aromatic N) is 2. The lowest BCUT2D eigenvalue weighted by Crippen LogP contribution is -2.34. The standard InChI is InChI=1S/C13H15F3N4O2S/c14-13(15,16)8-20-4-3-10(7-20)19-12-2-1-11(23(18,21)22)5-9(12)6-17/h1-2,5,10,19H,3-4,7-8H2,(H2,18,21,22)/t10-/m1/s1. The van der Waals surface area contributed by atoms with E-state index in [0.29, 0.717) is 18.7 Å². The maximum atomic E-state index is 12.4. The lowest BCUT2D eigenvalue weighted by atomic mass is 10.1. The molecule has 126 valence electrons. The van der Waals surface area contributed by atoms with Crippen molar-refractivity contribution in [3.05, 3.63) is 23.8 Å². The Kier molecular flexibility index (Phi) is 4.84. The summed E-state index contributed by atoms with van der Waals surface area (Å²) in [4.78, 5) is 1.09. The van der Waals surface area contributed by atoms with E-state index in [1.807, 2.05) is 6.07 Å². The largest absolute Gasteiger partial charge is 0.401 e. The van der Waals surface area contributed by atoms with Crippen molar-refractivity contribution in [1.82, 2.24) is 4.90 Å². The highest BCUT2D eigenvalue weighted by molar-refractivity contribution is 7.89. The number of halogens is 3. The number of hydrogen-bond acceptors (Lipinski definition) is 5. The molecule has 6 nitrogen and oxygen atoms in total. The maximum Gasteiger partial charge on any atom is 0.401 e. The van der Waals surface area contributed by atoms with Crippen LogP contribution in [0.4, 0.5) is 18.9 Å². The number of rotatable bonds is 4. The molecular formula is C13H15F3N4O2S. The van der Waals surface area contributed by atoms with Gasteiger partial charge in [-0.2, -0.15) is 18.4 Å². The van der Waals surface area contributed by atoms with Crippen molar-refractivity contribution in [3.8, 4) is 6.07 Å². The van der Waals surface area contributed by atoms with Crippen molar-refractivity contribution in [3.63, 3.8) is 0 Å². The van der Waals surface area contributed by atoms with Crippen LogP contribution in [0.2, 0.25) is 0 Å². The van der Waals surface area contributed by atoms with E-state index >= 15 is 0 Å². The van der Waals surface area contributed by atoms with Crippen molar-refractivity contribution >= 4 is 15.7 Å². The smallest absolute Gasteiger partial charge is 0.380 e. The van der Waals surface area contributed by atoms with Crippen LogP contribution in [0.1, 0.15) is 12.0 Å². The minimum Gasteiger partial charge on any atom is -0.380 e. The molecule has 3 N–H and O–H groups in total. The van der Waals surface area contributed by atoms with Crippen LogP contribution >= 0.6 is 0 Å². The van der Waals surface area contributed by atoms with E-state index in [2.05, 4.69) is 5.32 Å². The third-order valence-electron chi connectivity index (χ3n) is 3.47. The molecule has 0 aliphatic carbocycles. The summed E-state index contributed by atoms with van der Waals surface area (Å²) < 4.78 is 59.6. The fraction of sp³-hybridized carbons (Fsp3) is 0.462. The first-order valence-electron chi connectivity index (χ1n) is 6.71. The zero-order valence-electron chi connectivity index (χ0n) is 12.0. The number of benzene rings is 1. The number of sulfonamides is 1. The molecule has 10 heteroatoms. The zero-order valence-corrected chi connectivity index (χ0v) is 12.8. The number of alkyl halides is 3. The second-order valence-electron chi connectivity index (χ2n) is 5.34. The molecule has 0 saturated carbocycles. The highest BCUT2D eigenvalue weighted by Gasteiger charge is 2.34. The third kappa shape index (κ3) is 4.82. The molecule has 1 heterocycles. The molecule has 0 aromatic heterocycles. The predicted octanol–water partition coefficient (Wildman–Crippen LogP) is 1.25. The van der Waals surface area contributed by atoms with E-state index in [9.17, 15) is 21.6 Å². The van der Waals surface area contributed by atoms with Crippen LogP contribution in [0, 0.1) is 11.3 Å². The summed E-state index contributed by atoms with van der Waals surface area (Å²) in [6.07, 6.45) is -3.75. The fourth-order valence-electron chi connectivity index (χ4n) is 2.49. The highest BCUT2D eigenvalue weighted by Crippen LogP contribution is 2.24. The van der Waals surface area contributed by atoms with Gasteiger partial charge in [-0.1, -0.05) is 0 Å². The molecule has 1 saturated heterocycles. The number of nitrogens with one attached hydrogen (secondary N) is 1. The van der Waals surface area contributed by atoms with Crippen LogP contribution < -0.4 is 10.5 Å². The van der Waals surface area contributed by atoms with Crippen molar-refractivity contribution in [2.75, 3.05) is 25.0 Å². The lowest BCUT2D eigenvalue weighted by molar-refractivity contribution is -0.143. The first-order chi connectivity index (χ1) is 10.6. The number of nitrogens with two attached hydrogens (primary N) is 1. The van der Waals surface area contributed by atoms with E-state index in [4.69, 9.17) is 10.4 Å². The first kappa shape index (κ1) is 17.5. The molecule has 0 bridgehead atoms. The van der Waals surface area contributed by atoms with Crippen LogP contribution in [0.25, 0.3) is 0 Å². The molecule has 1 aromatic carbocycles. The molecule has 1 fully saturated rings. The van der Waals surface area contributed by atoms with Gasteiger partial charge in [0.05, 0.1) is 22.7 Å². The van der Waals surface area contributed by atoms with Crippen molar-refractivity contribution in [1.29, 1.82) is 5.26 Å². The van der Waals surface area contributed by atoms with Gasteiger partial charge in [0.25, 0.3) is 0 Å². The normalized spacial score (nSPS) is 19.5. The highest BCUT2D eigenvalue weighted by atomic mass is 32.2. The fourth-order valence-corrected chi connectivity index (χ4v) is 3.03. The Morgan fingerprint density at radius 3 is 2.70 bits per heavy atom. The zero-order chi connectivity index (χ0) is 17.3. The van der Waals surface area contributed by atoms with E-state index < -0.39 is 22.7 Å². The average molecular weight is 348 g/mol. The maximum absolute atomic E-state index is 12.4. The van der Waals surface area contributed by atoms with Gasteiger partial charge >= 0.3 is 6.18 Å². The SMILES string of the molecule is N#Cc1cc(S(N)(=O)=O)ccc1N[C@@H]1CCN(CC(F)(F)F)C1. The second kappa shape index (κ2) is 6.35. The topological polar surface area (TPSA) is 99.2 Å². The lowest BCUT2D eigenvalue weighted by Gasteiger charge is -2.19. The van der Waals surface area contributed by atoms with Crippen LogP contribution in [0.3, 0.4) is 0 Å². The number of nitriles is 1. The molecular weight excluding hydrogens is 333 g/mol. The van der Waals surface area contributed by atoms with Crippen molar-refractivity contribution in [2.45, 2.75) is 23.5 Å². The summed E-state index contributed by atoms with van der Waals surface area (Å²) in [5.74, 6) is 0.